The molecule has 0 saturated heterocycles. The summed E-state index contributed by atoms with van der Waals surface area (Å²) in [5.41, 5.74) is 2.60. The molecule has 1 aromatic carbocycles. The van der Waals surface area contributed by atoms with Crippen molar-refractivity contribution in [1.29, 1.82) is 0 Å². The average Bonchev–Trinajstić information content (AvgIpc) is 3.41. The second-order valence-corrected chi connectivity index (χ2v) is 7.14. The van der Waals surface area contributed by atoms with E-state index in [9.17, 15) is 0 Å². The number of halogens is 1. The van der Waals surface area contributed by atoms with Gasteiger partial charge in [0.05, 0.1) is 6.04 Å². The molecule has 0 aromatic heterocycles. The lowest BCUT2D eigenvalue weighted by Gasteiger charge is -2.26. The molecular weight excluding hydrogens is 439 g/mol. The van der Waals surface area contributed by atoms with E-state index in [4.69, 9.17) is 4.74 Å². The molecule has 0 spiro atoms. The molecule has 1 aliphatic rings. The molecule has 1 unspecified atom stereocenters. The van der Waals surface area contributed by atoms with Crippen LogP contribution in [0.3, 0.4) is 0 Å². The normalized spacial score (nSPS) is 15.5. The van der Waals surface area contributed by atoms with Crippen molar-refractivity contribution in [3.05, 3.63) is 35.4 Å². The van der Waals surface area contributed by atoms with Gasteiger partial charge in [0.15, 0.2) is 5.96 Å². The predicted octanol–water partition coefficient (Wildman–Crippen LogP) is 3.20. The fourth-order valence-electron chi connectivity index (χ4n) is 2.72. The lowest BCUT2D eigenvalue weighted by molar-refractivity contribution is 0.123. The fourth-order valence-corrected chi connectivity index (χ4v) is 2.72. The molecule has 0 bridgehead atoms. The number of rotatable bonds is 10. The number of aliphatic imine (C=N–C) groups is 1. The van der Waals surface area contributed by atoms with Crippen LogP contribution in [0.25, 0.3) is 0 Å². The molecule has 0 radical (unpaired) electrons. The van der Waals surface area contributed by atoms with Crippen LogP contribution < -0.4 is 10.6 Å². The number of aryl methyl sites for hydroxylation is 1. The Labute approximate surface area is 176 Å². The zero-order valence-corrected chi connectivity index (χ0v) is 19.0. The minimum absolute atomic E-state index is 0. The van der Waals surface area contributed by atoms with Crippen molar-refractivity contribution in [3.63, 3.8) is 0 Å². The van der Waals surface area contributed by atoms with Crippen LogP contribution >= 0.6 is 24.0 Å². The number of hydrogen-bond acceptors (Lipinski definition) is 3. The van der Waals surface area contributed by atoms with Crippen molar-refractivity contribution in [3.8, 4) is 0 Å². The zero-order chi connectivity index (χ0) is 18.1. The second-order valence-electron chi connectivity index (χ2n) is 7.14. The van der Waals surface area contributed by atoms with Gasteiger partial charge in [0.2, 0.25) is 0 Å². The Balaban J connectivity index is 0.00000338. The maximum absolute atomic E-state index is 5.66. The van der Waals surface area contributed by atoms with Crippen molar-refractivity contribution < 1.29 is 4.74 Å². The molecule has 0 aliphatic heterocycles. The Morgan fingerprint density at radius 3 is 2.50 bits per heavy atom. The van der Waals surface area contributed by atoms with Gasteiger partial charge in [-0.15, -0.1) is 24.0 Å². The molecule has 1 saturated carbocycles. The summed E-state index contributed by atoms with van der Waals surface area (Å²) in [4.78, 5) is 6.55. The Hall–Kier alpha value is -0.860. The van der Waals surface area contributed by atoms with E-state index in [1.165, 1.54) is 24.0 Å². The maximum Gasteiger partial charge on any atom is 0.191 e. The van der Waals surface area contributed by atoms with E-state index in [2.05, 4.69) is 65.8 Å². The van der Waals surface area contributed by atoms with E-state index in [0.717, 1.165) is 44.6 Å². The largest absolute Gasteiger partial charge is 0.381 e. The summed E-state index contributed by atoms with van der Waals surface area (Å²) in [6.07, 6.45) is 3.70. The molecule has 26 heavy (non-hydrogen) atoms. The van der Waals surface area contributed by atoms with Gasteiger partial charge in [0.25, 0.3) is 0 Å². The highest BCUT2D eigenvalue weighted by atomic mass is 127. The first-order valence-electron chi connectivity index (χ1n) is 9.35. The van der Waals surface area contributed by atoms with Crippen molar-refractivity contribution >= 4 is 29.9 Å². The standard InChI is InChI=1S/C20H34N4O.HI/c1-16-6-10-18(11-7-16)19(24(3)4)14-23-20(21-2)22-12-5-13-25-15-17-8-9-17;/h6-7,10-11,17,19H,5,8-9,12-15H2,1-4H3,(H2,21,22,23);1H. The molecule has 1 fully saturated rings. The van der Waals surface area contributed by atoms with Gasteiger partial charge < -0.3 is 20.3 Å². The molecule has 2 rings (SSSR count). The van der Waals surface area contributed by atoms with E-state index >= 15 is 0 Å². The summed E-state index contributed by atoms with van der Waals surface area (Å²) < 4.78 is 5.66. The molecule has 148 valence electrons. The Morgan fingerprint density at radius 1 is 1.23 bits per heavy atom. The highest BCUT2D eigenvalue weighted by Crippen LogP contribution is 2.28. The third-order valence-corrected chi connectivity index (χ3v) is 4.58. The van der Waals surface area contributed by atoms with Crippen LogP contribution in [-0.2, 0) is 4.74 Å². The topological polar surface area (TPSA) is 48.9 Å². The maximum atomic E-state index is 5.66. The van der Waals surface area contributed by atoms with Crippen molar-refractivity contribution in [2.24, 2.45) is 10.9 Å². The van der Waals surface area contributed by atoms with Gasteiger partial charge >= 0.3 is 0 Å². The lowest BCUT2D eigenvalue weighted by Crippen LogP contribution is -2.42. The molecular formula is C20H35IN4O. The molecule has 1 aromatic rings. The Kier molecular flexibility index (Phi) is 11.2. The average molecular weight is 474 g/mol. The SMILES string of the molecule is CN=C(NCCCOCC1CC1)NCC(c1ccc(C)cc1)N(C)C.I. The second kappa shape index (κ2) is 12.5. The smallest absolute Gasteiger partial charge is 0.191 e. The van der Waals surface area contributed by atoms with E-state index in [0.29, 0.717) is 6.04 Å². The van der Waals surface area contributed by atoms with Crippen LogP contribution in [0, 0.1) is 12.8 Å². The third-order valence-electron chi connectivity index (χ3n) is 4.58. The first-order chi connectivity index (χ1) is 12.1. The van der Waals surface area contributed by atoms with Crippen molar-refractivity contribution in [2.45, 2.75) is 32.2 Å². The zero-order valence-electron chi connectivity index (χ0n) is 16.6. The summed E-state index contributed by atoms with van der Waals surface area (Å²) in [5, 5.41) is 6.81. The van der Waals surface area contributed by atoms with Gasteiger partial charge in [-0.2, -0.15) is 0 Å². The number of guanidine groups is 1. The highest BCUT2D eigenvalue weighted by Gasteiger charge is 2.20. The van der Waals surface area contributed by atoms with E-state index in [1.54, 1.807) is 0 Å². The van der Waals surface area contributed by atoms with Crippen LogP contribution in [0.2, 0.25) is 0 Å². The molecule has 1 atom stereocenters. The quantitative estimate of drug-likeness (QED) is 0.237. The number of hydrogen-bond donors (Lipinski definition) is 2. The molecule has 6 heteroatoms. The van der Waals surface area contributed by atoms with E-state index in [1.807, 2.05) is 7.05 Å². The fraction of sp³-hybridized carbons (Fsp3) is 0.650. The first kappa shape index (κ1) is 23.2. The number of likely N-dealkylation sites (N-methyl/N-ethyl adjacent to an activating group) is 1. The molecule has 5 nitrogen and oxygen atoms in total. The van der Waals surface area contributed by atoms with Crippen molar-refractivity contribution in [2.75, 3.05) is 47.4 Å². The summed E-state index contributed by atoms with van der Waals surface area (Å²) in [6, 6.07) is 9.05. The lowest BCUT2D eigenvalue weighted by atomic mass is 10.0. The van der Waals surface area contributed by atoms with Crippen LogP contribution in [0.5, 0.6) is 0 Å². The minimum atomic E-state index is 0. The Morgan fingerprint density at radius 2 is 1.92 bits per heavy atom. The van der Waals surface area contributed by atoms with Crippen molar-refractivity contribution in [1.82, 2.24) is 15.5 Å². The molecule has 0 heterocycles. The van der Waals surface area contributed by atoms with Crippen LogP contribution in [-0.4, -0.2) is 58.3 Å². The summed E-state index contributed by atoms with van der Waals surface area (Å²) in [7, 11) is 6.04. The number of benzene rings is 1. The van der Waals surface area contributed by atoms with Gasteiger partial charge in [-0.05, 0) is 51.8 Å². The molecule has 1 aliphatic carbocycles. The van der Waals surface area contributed by atoms with Crippen LogP contribution in [0.1, 0.15) is 36.4 Å². The number of nitrogens with one attached hydrogen (secondary N) is 2. The Bertz CT molecular complexity index is 529. The number of nitrogens with zero attached hydrogens (tertiary/aromatic N) is 2. The van der Waals surface area contributed by atoms with Gasteiger partial charge in [-0.3, -0.25) is 4.99 Å². The van der Waals surface area contributed by atoms with Gasteiger partial charge in [-0.25, -0.2) is 0 Å². The first-order valence-corrected chi connectivity index (χ1v) is 9.35. The summed E-state index contributed by atoms with van der Waals surface area (Å²) in [6.45, 7) is 5.57. The molecule has 2 N–H and O–H groups in total. The number of ether oxygens (including phenoxy) is 1. The highest BCUT2D eigenvalue weighted by molar-refractivity contribution is 14.0. The van der Waals surface area contributed by atoms with E-state index < -0.39 is 0 Å². The predicted molar refractivity (Wildman–Crippen MR) is 121 cm³/mol. The van der Waals surface area contributed by atoms with E-state index in [-0.39, 0.29) is 24.0 Å². The van der Waals surface area contributed by atoms with Crippen LogP contribution in [0.4, 0.5) is 0 Å². The third kappa shape index (κ3) is 8.68. The summed E-state index contributed by atoms with van der Waals surface area (Å²) in [5.74, 6) is 1.69. The van der Waals surface area contributed by atoms with Crippen LogP contribution in [0.15, 0.2) is 29.3 Å². The molecule has 0 amide bonds. The van der Waals surface area contributed by atoms with Gasteiger partial charge in [0.1, 0.15) is 0 Å². The minimum Gasteiger partial charge on any atom is -0.381 e. The monoisotopic (exact) mass is 474 g/mol. The van der Waals surface area contributed by atoms with Gasteiger partial charge in [-0.1, -0.05) is 29.8 Å². The van der Waals surface area contributed by atoms with Gasteiger partial charge in [0, 0.05) is 33.4 Å². The summed E-state index contributed by atoms with van der Waals surface area (Å²) >= 11 is 0.